The van der Waals surface area contributed by atoms with Crippen LogP contribution in [0, 0.1) is 0 Å². The van der Waals surface area contributed by atoms with Crippen molar-refractivity contribution in [1.29, 1.82) is 0 Å². The van der Waals surface area contributed by atoms with E-state index in [1.807, 2.05) is 12.1 Å². The van der Waals surface area contributed by atoms with E-state index in [-0.39, 0.29) is 11.5 Å². The Hall–Kier alpha value is -2.00. The van der Waals surface area contributed by atoms with Crippen LogP contribution in [0.5, 0.6) is 11.5 Å². The second kappa shape index (κ2) is 4.94. The van der Waals surface area contributed by atoms with Crippen molar-refractivity contribution in [3.8, 4) is 11.5 Å². The largest absolute Gasteiger partial charge is 0.504 e. The summed E-state index contributed by atoms with van der Waals surface area (Å²) in [6, 6.07) is 15.5. The zero-order valence-corrected chi connectivity index (χ0v) is 10.6. The van der Waals surface area contributed by atoms with Crippen LogP contribution in [0.3, 0.4) is 0 Å². The van der Waals surface area contributed by atoms with Gasteiger partial charge in [0.25, 0.3) is 0 Å². The van der Waals surface area contributed by atoms with Crippen LogP contribution in [0.2, 0.25) is 0 Å². The first kappa shape index (κ1) is 12.1. The van der Waals surface area contributed by atoms with Gasteiger partial charge in [-0.2, -0.15) is 0 Å². The highest BCUT2D eigenvalue weighted by molar-refractivity contribution is 5.43. The number of hydrogen-bond acceptors (Lipinski definition) is 3. The van der Waals surface area contributed by atoms with Crippen molar-refractivity contribution in [1.82, 2.24) is 5.32 Å². The molecule has 0 aliphatic carbocycles. The van der Waals surface area contributed by atoms with Gasteiger partial charge < -0.3 is 15.5 Å². The highest BCUT2D eigenvalue weighted by Crippen LogP contribution is 2.38. The minimum absolute atomic E-state index is 0.0452. The summed E-state index contributed by atoms with van der Waals surface area (Å²) in [5.41, 5.74) is 2.37. The van der Waals surface area contributed by atoms with Crippen molar-refractivity contribution in [2.75, 3.05) is 13.1 Å². The predicted molar refractivity (Wildman–Crippen MR) is 74.6 cm³/mol. The van der Waals surface area contributed by atoms with Gasteiger partial charge in [-0.3, -0.25) is 0 Å². The molecule has 1 aliphatic rings. The zero-order valence-electron chi connectivity index (χ0n) is 10.6. The minimum Gasteiger partial charge on any atom is -0.504 e. The summed E-state index contributed by atoms with van der Waals surface area (Å²) in [7, 11) is 0. The number of benzene rings is 2. The number of aromatic hydroxyl groups is 2. The Kier molecular flexibility index (Phi) is 3.13. The molecule has 2 aromatic carbocycles. The molecule has 0 saturated carbocycles. The lowest BCUT2D eigenvalue weighted by Gasteiger charge is -2.19. The molecule has 3 N–H and O–H groups in total. The number of rotatable bonds is 2. The number of phenolic OH excluding ortho intramolecular Hbond substituents is 2. The van der Waals surface area contributed by atoms with E-state index in [1.54, 1.807) is 12.1 Å². The number of phenols is 2. The van der Waals surface area contributed by atoms with E-state index in [1.165, 1.54) is 5.56 Å². The summed E-state index contributed by atoms with van der Waals surface area (Å²) >= 11 is 0. The first-order valence-corrected chi connectivity index (χ1v) is 6.53. The van der Waals surface area contributed by atoms with Crippen LogP contribution in [-0.4, -0.2) is 23.3 Å². The highest BCUT2D eigenvalue weighted by Gasteiger charge is 2.29. The maximum Gasteiger partial charge on any atom is 0.157 e. The van der Waals surface area contributed by atoms with Crippen LogP contribution in [0.4, 0.5) is 0 Å². The highest BCUT2D eigenvalue weighted by atomic mass is 16.3. The molecule has 0 spiro atoms. The summed E-state index contributed by atoms with van der Waals surface area (Å²) < 4.78 is 0. The van der Waals surface area contributed by atoms with E-state index >= 15 is 0 Å². The van der Waals surface area contributed by atoms with Crippen LogP contribution >= 0.6 is 0 Å². The maximum absolute atomic E-state index is 9.65. The Morgan fingerprint density at radius 2 is 1.47 bits per heavy atom. The van der Waals surface area contributed by atoms with E-state index in [0.717, 1.165) is 18.7 Å². The summed E-state index contributed by atoms with van der Waals surface area (Å²) in [5, 5.41) is 22.5. The van der Waals surface area contributed by atoms with Gasteiger partial charge in [0.2, 0.25) is 0 Å². The average Bonchev–Trinajstić information content (AvgIpc) is 2.92. The van der Waals surface area contributed by atoms with E-state index in [2.05, 4.69) is 29.6 Å². The van der Waals surface area contributed by atoms with Gasteiger partial charge in [0, 0.05) is 24.9 Å². The molecular weight excluding hydrogens is 238 g/mol. The molecular formula is C16H17NO2. The zero-order chi connectivity index (χ0) is 13.2. The Bertz CT molecular complexity index is 568. The van der Waals surface area contributed by atoms with Crippen LogP contribution in [-0.2, 0) is 0 Å². The normalized spacial score (nSPS) is 22.5. The van der Waals surface area contributed by atoms with E-state index in [9.17, 15) is 10.2 Å². The molecule has 0 bridgehead atoms. The van der Waals surface area contributed by atoms with Crippen LogP contribution in [0.25, 0.3) is 0 Å². The van der Waals surface area contributed by atoms with Crippen molar-refractivity contribution >= 4 is 0 Å². The summed E-state index contributed by atoms with van der Waals surface area (Å²) in [6.07, 6.45) is 0. The fourth-order valence-electron chi connectivity index (χ4n) is 2.85. The average molecular weight is 255 g/mol. The third-order valence-electron chi connectivity index (χ3n) is 3.87. The van der Waals surface area contributed by atoms with Crippen LogP contribution in [0.15, 0.2) is 48.5 Å². The molecule has 1 saturated heterocycles. The lowest BCUT2D eigenvalue weighted by molar-refractivity contribution is 0.402. The van der Waals surface area contributed by atoms with Crippen molar-refractivity contribution in [3.05, 3.63) is 59.7 Å². The SMILES string of the molecule is Oc1ccc([C@@H]2CNC[C@H]2c2ccccc2)cc1O. The van der Waals surface area contributed by atoms with E-state index in [0.29, 0.717) is 11.8 Å². The first-order valence-electron chi connectivity index (χ1n) is 6.53. The van der Waals surface area contributed by atoms with E-state index in [4.69, 9.17) is 0 Å². The molecule has 0 unspecified atom stereocenters. The third kappa shape index (κ3) is 2.29. The number of hydrogen-bond donors (Lipinski definition) is 3. The molecule has 19 heavy (non-hydrogen) atoms. The Balaban J connectivity index is 1.93. The fraction of sp³-hybridized carbons (Fsp3) is 0.250. The minimum atomic E-state index is -0.0639. The monoisotopic (exact) mass is 255 g/mol. The van der Waals surface area contributed by atoms with Gasteiger partial charge in [-0.15, -0.1) is 0 Å². The Morgan fingerprint density at radius 1 is 0.789 bits per heavy atom. The van der Waals surface area contributed by atoms with Gasteiger partial charge >= 0.3 is 0 Å². The van der Waals surface area contributed by atoms with Crippen molar-refractivity contribution in [2.45, 2.75) is 11.8 Å². The molecule has 3 heteroatoms. The van der Waals surface area contributed by atoms with Crippen molar-refractivity contribution in [3.63, 3.8) is 0 Å². The second-order valence-electron chi connectivity index (χ2n) is 5.03. The maximum atomic E-state index is 9.65. The molecule has 0 radical (unpaired) electrons. The molecule has 0 amide bonds. The Morgan fingerprint density at radius 3 is 2.16 bits per heavy atom. The second-order valence-corrected chi connectivity index (χ2v) is 5.03. The van der Waals surface area contributed by atoms with Crippen LogP contribution in [0.1, 0.15) is 23.0 Å². The lowest BCUT2D eigenvalue weighted by Crippen LogP contribution is -2.08. The van der Waals surface area contributed by atoms with Gasteiger partial charge in [0.05, 0.1) is 0 Å². The molecule has 98 valence electrons. The summed E-state index contributed by atoms with van der Waals surface area (Å²) in [6.45, 7) is 1.83. The molecule has 1 fully saturated rings. The molecule has 1 aliphatic heterocycles. The third-order valence-corrected chi connectivity index (χ3v) is 3.87. The Labute approximate surface area is 112 Å². The van der Waals surface area contributed by atoms with Gasteiger partial charge in [0.15, 0.2) is 11.5 Å². The van der Waals surface area contributed by atoms with Gasteiger partial charge in [0.1, 0.15) is 0 Å². The van der Waals surface area contributed by atoms with Crippen molar-refractivity contribution in [2.24, 2.45) is 0 Å². The van der Waals surface area contributed by atoms with E-state index < -0.39 is 0 Å². The smallest absolute Gasteiger partial charge is 0.157 e. The number of nitrogens with one attached hydrogen (secondary N) is 1. The standard InChI is InChI=1S/C16H17NO2/c18-15-7-6-12(8-16(15)19)14-10-17-9-13(14)11-4-2-1-3-5-11/h1-8,13-14,17-19H,9-10H2/t13-,14-/m0/s1. The summed E-state index contributed by atoms with van der Waals surface area (Å²) in [4.78, 5) is 0. The lowest BCUT2D eigenvalue weighted by atomic mass is 9.84. The molecule has 0 aromatic heterocycles. The molecule has 2 atom stereocenters. The first-order chi connectivity index (χ1) is 9.25. The quantitative estimate of drug-likeness (QED) is 0.723. The molecule has 1 heterocycles. The van der Waals surface area contributed by atoms with Gasteiger partial charge in [-0.05, 0) is 23.3 Å². The van der Waals surface area contributed by atoms with Crippen LogP contribution < -0.4 is 5.32 Å². The van der Waals surface area contributed by atoms with Gasteiger partial charge in [-0.25, -0.2) is 0 Å². The topological polar surface area (TPSA) is 52.5 Å². The van der Waals surface area contributed by atoms with Gasteiger partial charge in [-0.1, -0.05) is 36.4 Å². The molecule has 2 aromatic rings. The molecule has 3 rings (SSSR count). The summed E-state index contributed by atoms with van der Waals surface area (Å²) in [5.74, 6) is 0.626. The fourth-order valence-corrected chi connectivity index (χ4v) is 2.85. The molecule has 3 nitrogen and oxygen atoms in total. The van der Waals surface area contributed by atoms with Crippen molar-refractivity contribution < 1.29 is 10.2 Å². The predicted octanol–water partition coefficient (Wildman–Crippen LogP) is 2.57.